The molecule has 0 aliphatic heterocycles. The number of Topliss-reactive ketones (excluding diaryl/α,β-unsaturated/α-hetero) is 1. The Labute approximate surface area is 157 Å². The van der Waals surface area contributed by atoms with Gasteiger partial charge in [-0.25, -0.2) is 4.98 Å². The zero-order valence-electron chi connectivity index (χ0n) is 13.8. The second kappa shape index (κ2) is 7.56. The first-order valence-electron chi connectivity index (χ1n) is 7.60. The second-order valence-corrected chi connectivity index (χ2v) is 7.27. The zero-order chi connectivity index (χ0) is 18.7. The van der Waals surface area contributed by atoms with Crippen molar-refractivity contribution in [2.24, 2.45) is 5.73 Å². The Hall–Kier alpha value is -2.89. The summed E-state index contributed by atoms with van der Waals surface area (Å²) in [5.74, 6) is -0.417. The maximum atomic E-state index is 12.5. The molecule has 3 aromatic rings. The molecule has 3 rings (SSSR count). The molecule has 0 fully saturated rings. The number of carbonyl (C=O) groups is 1. The molecule has 2 heterocycles. The Morgan fingerprint density at radius 3 is 2.77 bits per heavy atom. The van der Waals surface area contributed by atoms with Crippen molar-refractivity contribution in [1.82, 2.24) is 9.97 Å². The molecule has 2 aromatic heterocycles. The summed E-state index contributed by atoms with van der Waals surface area (Å²) in [5.41, 5.74) is 7.17. The van der Waals surface area contributed by atoms with Crippen LogP contribution in [0.5, 0.6) is 0 Å². The maximum absolute atomic E-state index is 12.5. The number of aromatic amines is 1. The lowest BCUT2D eigenvalue weighted by Crippen LogP contribution is -2.12. The van der Waals surface area contributed by atoms with E-state index in [-0.39, 0.29) is 22.6 Å². The van der Waals surface area contributed by atoms with Gasteiger partial charge < -0.3 is 10.7 Å². The van der Waals surface area contributed by atoms with Crippen LogP contribution in [-0.4, -0.2) is 21.5 Å². The number of nitrogens with one attached hydrogen (secondary N) is 1. The first-order chi connectivity index (χ1) is 12.5. The fourth-order valence-electron chi connectivity index (χ4n) is 2.40. The monoisotopic (exact) mass is 382 g/mol. The average molecular weight is 382 g/mol. The number of nitriles is 1. The Morgan fingerprint density at radius 2 is 2.12 bits per heavy atom. The second-order valence-electron chi connectivity index (χ2n) is 5.45. The van der Waals surface area contributed by atoms with Crippen LogP contribution in [0.3, 0.4) is 0 Å². The van der Waals surface area contributed by atoms with Crippen LogP contribution in [-0.2, 0) is 4.79 Å². The number of benzene rings is 1. The van der Waals surface area contributed by atoms with Crippen molar-refractivity contribution in [2.45, 2.75) is 12.1 Å². The van der Waals surface area contributed by atoms with Gasteiger partial charge >= 0.3 is 0 Å². The van der Waals surface area contributed by atoms with Crippen molar-refractivity contribution < 1.29 is 4.79 Å². The van der Waals surface area contributed by atoms with E-state index in [2.05, 4.69) is 9.97 Å². The van der Waals surface area contributed by atoms with E-state index in [1.807, 2.05) is 35.7 Å². The van der Waals surface area contributed by atoms with Gasteiger partial charge in [-0.3, -0.25) is 9.59 Å². The minimum absolute atomic E-state index is 0.0250. The number of hydrogen-bond acceptors (Lipinski definition) is 7. The number of allylic oxidation sites excluding steroid dienone is 2. The number of rotatable bonds is 5. The molecule has 0 bridgehead atoms. The third-order valence-corrected chi connectivity index (χ3v) is 5.38. The van der Waals surface area contributed by atoms with E-state index in [9.17, 15) is 9.59 Å². The molecule has 0 spiro atoms. The molecule has 6 nitrogen and oxygen atoms in total. The molecule has 3 N–H and O–H groups in total. The van der Waals surface area contributed by atoms with Crippen LogP contribution in [0.2, 0.25) is 0 Å². The highest BCUT2D eigenvalue weighted by Crippen LogP contribution is 2.31. The van der Waals surface area contributed by atoms with Crippen LogP contribution < -0.4 is 11.3 Å². The van der Waals surface area contributed by atoms with Gasteiger partial charge in [0.1, 0.15) is 16.5 Å². The number of ketones is 1. The SMILES string of the molecule is CC(N)=C(C#N)C(=O)CSc1nc2scc(-c3ccccc3)c2c(=O)[nH]1. The van der Waals surface area contributed by atoms with Crippen LogP contribution in [0.4, 0.5) is 0 Å². The summed E-state index contributed by atoms with van der Waals surface area (Å²) in [5, 5.41) is 11.7. The first kappa shape index (κ1) is 17.9. The largest absolute Gasteiger partial charge is 0.401 e. The van der Waals surface area contributed by atoms with Crippen molar-refractivity contribution in [3.8, 4) is 17.2 Å². The molecule has 26 heavy (non-hydrogen) atoms. The molecule has 0 aliphatic carbocycles. The van der Waals surface area contributed by atoms with Gasteiger partial charge in [0, 0.05) is 16.6 Å². The highest BCUT2D eigenvalue weighted by atomic mass is 32.2. The number of nitrogens with two attached hydrogens (primary N) is 1. The number of thiophene rings is 1. The van der Waals surface area contributed by atoms with Crippen LogP contribution in [0.25, 0.3) is 21.3 Å². The molecule has 0 aliphatic rings. The minimum atomic E-state index is -0.392. The summed E-state index contributed by atoms with van der Waals surface area (Å²) in [6, 6.07) is 11.4. The van der Waals surface area contributed by atoms with Crippen LogP contribution in [0.1, 0.15) is 6.92 Å². The molecular formula is C18H14N4O2S2. The highest BCUT2D eigenvalue weighted by molar-refractivity contribution is 7.99. The molecular weight excluding hydrogens is 368 g/mol. The summed E-state index contributed by atoms with van der Waals surface area (Å²) in [7, 11) is 0. The highest BCUT2D eigenvalue weighted by Gasteiger charge is 2.15. The zero-order valence-corrected chi connectivity index (χ0v) is 15.4. The summed E-state index contributed by atoms with van der Waals surface area (Å²) in [6.45, 7) is 1.50. The van der Waals surface area contributed by atoms with Crippen LogP contribution in [0, 0.1) is 11.3 Å². The third-order valence-electron chi connectivity index (χ3n) is 3.63. The molecule has 1 aromatic carbocycles. The van der Waals surface area contributed by atoms with E-state index in [1.165, 1.54) is 18.3 Å². The summed E-state index contributed by atoms with van der Waals surface area (Å²) >= 11 is 2.45. The van der Waals surface area contributed by atoms with Crippen molar-refractivity contribution in [1.29, 1.82) is 5.26 Å². The molecule has 0 amide bonds. The van der Waals surface area contributed by atoms with E-state index in [0.717, 1.165) is 22.9 Å². The Kier molecular flexibility index (Phi) is 5.21. The van der Waals surface area contributed by atoms with E-state index in [1.54, 1.807) is 6.07 Å². The van der Waals surface area contributed by atoms with Gasteiger partial charge in [-0.15, -0.1) is 11.3 Å². The number of aromatic nitrogens is 2. The smallest absolute Gasteiger partial charge is 0.260 e. The van der Waals surface area contributed by atoms with Gasteiger partial charge in [-0.1, -0.05) is 42.1 Å². The van der Waals surface area contributed by atoms with E-state index in [0.29, 0.717) is 15.4 Å². The van der Waals surface area contributed by atoms with E-state index >= 15 is 0 Å². The van der Waals surface area contributed by atoms with Crippen molar-refractivity contribution in [2.75, 3.05) is 5.75 Å². The van der Waals surface area contributed by atoms with Crippen molar-refractivity contribution in [3.63, 3.8) is 0 Å². The minimum Gasteiger partial charge on any atom is -0.401 e. The number of thioether (sulfide) groups is 1. The van der Waals surface area contributed by atoms with Gasteiger partial charge in [-0.2, -0.15) is 5.26 Å². The van der Waals surface area contributed by atoms with Gasteiger partial charge in [0.2, 0.25) is 0 Å². The Bertz CT molecular complexity index is 1100. The van der Waals surface area contributed by atoms with E-state index < -0.39 is 5.78 Å². The number of H-pyrrole nitrogens is 1. The standard InChI is InChI=1S/C18H14N4O2S2/c1-10(20)12(7-19)14(23)9-26-18-21-16(24)15-13(8-25-17(15)22-18)11-5-3-2-4-6-11/h2-6,8H,9,20H2,1H3,(H,21,22,24). The molecule has 130 valence electrons. The molecule has 0 atom stereocenters. The lowest BCUT2D eigenvalue weighted by Gasteiger charge is -2.02. The predicted molar refractivity (Wildman–Crippen MR) is 104 cm³/mol. The summed E-state index contributed by atoms with van der Waals surface area (Å²) in [6.07, 6.45) is 0. The van der Waals surface area contributed by atoms with Gasteiger partial charge in [-0.05, 0) is 12.5 Å². The summed E-state index contributed by atoms with van der Waals surface area (Å²) in [4.78, 5) is 32.3. The Morgan fingerprint density at radius 1 is 1.38 bits per heavy atom. The lowest BCUT2D eigenvalue weighted by atomic mass is 10.1. The molecule has 0 saturated heterocycles. The molecule has 0 saturated carbocycles. The third kappa shape index (κ3) is 3.54. The lowest BCUT2D eigenvalue weighted by molar-refractivity contribution is -0.112. The maximum Gasteiger partial charge on any atom is 0.260 e. The van der Waals surface area contributed by atoms with Gasteiger partial charge in [0.25, 0.3) is 5.56 Å². The van der Waals surface area contributed by atoms with Crippen LogP contribution >= 0.6 is 23.1 Å². The predicted octanol–water partition coefficient (Wildman–Crippen LogP) is 3.07. The number of hydrogen-bond donors (Lipinski definition) is 2. The molecule has 8 heteroatoms. The van der Waals surface area contributed by atoms with Crippen molar-refractivity contribution in [3.05, 3.63) is 57.3 Å². The van der Waals surface area contributed by atoms with E-state index in [4.69, 9.17) is 11.0 Å². The first-order valence-corrected chi connectivity index (χ1v) is 9.47. The topological polar surface area (TPSA) is 113 Å². The Balaban J connectivity index is 1.90. The quantitative estimate of drug-likeness (QED) is 0.303. The average Bonchev–Trinajstić information content (AvgIpc) is 3.05. The number of carbonyl (C=O) groups excluding carboxylic acids is 1. The van der Waals surface area contributed by atoms with Crippen molar-refractivity contribution >= 4 is 39.1 Å². The number of nitrogens with zero attached hydrogens (tertiary/aromatic N) is 2. The number of fused-ring (bicyclic) bond motifs is 1. The molecule has 0 unspecified atom stereocenters. The van der Waals surface area contributed by atoms with Gasteiger partial charge in [0.05, 0.1) is 11.1 Å². The normalized spacial score (nSPS) is 11.8. The van der Waals surface area contributed by atoms with Crippen LogP contribution in [0.15, 0.2) is 56.9 Å². The summed E-state index contributed by atoms with van der Waals surface area (Å²) < 4.78 is 0. The fraction of sp³-hybridized carbons (Fsp3) is 0.111. The molecule has 0 radical (unpaired) electrons. The van der Waals surface area contributed by atoms with Gasteiger partial charge in [0.15, 0.2) is 10.9 Å². The fourth-order valence-corrected chi connectivity index (χ4v) is 4.14.